The van der Waals surface area contributed by atoms with Crippen LogP contribution in [0.1, 0.15) is 12.8 Å². The van der Waals surface area contributed by atoms with Gasteiger partial charge < -0.3 is 4.90 Å². The summed E-state index contributed by atoms with van der Waals surface area (Å²) in [7, 11) is 1.86. The van der Waals surface area contributed by atoms with Gasteiger partial charge in [0, 0.05) is 25.7 Å². The molecule has 1 atom stereocenters. The molecule has 1 unspecified atom stereocenters. The van der Waals surface area contributed by atoms with Crippen molar-refractivity contribution in [3.05, 3.63) is 36.5 Å². The maximum atomic E-state index is 12.7. The summed E-state index contributed by atoms with van der Waals surface area (Å²) in [4.78, 5) is 14.7. The molecule has 1 aromatic carbocycles. The molecule has 2 amide bonds. The maximum Gasteiger partial charge on any atom is 0.323 e. The van der Waals surface area contributed by atoms with Crippen LogP contribution in [0.15, 0.2) is 36.5 Å². The molecule has 0 bridgehead atoms. The lowest BCUT2D eigenvalue weighted by Crippen LogP contribution is -2.43. The zero-order valence-corrected chi connectivity index (χ0v) is 15.1. The smallest absolute Gasteiger partial charge is 0.323 e. The third-order valence-corrected chi connectivity index (χ3v) is 5.26. The second-order valence-corrected chi connectivity index (χ2v) is 7.15. The molecule has 0 radical (unpaired) electrons. The monoisotopic (exact) mass is 344 g/mol. The number of urea groups is 1. The minimum Gasteiger partial charge on any atom is -0.324 e. The van der Waals surface area contributed by atoms with Crippen LogP contribution in [0.5, 0.6) is 0 Å². The first kappa shape index (κ1) is 16.9. The van der Waals surface area contributed by atoms with E-state index >= 15 is 0 Å². The number of hydrogen-bond donors (Lipinski definition) is 1. The van der Waals surface area contributed by atoms with Crippen molar-refractivity contribution < 1.29 is 4.79 Å². The molecule has 1 saturated heterocycles. The van der Waals surface area contributed by atoms with E-state index in [2.05, 4.69) is 16.7 Å². The Balaban J connectivity index is 1.74. The van der Waals surface area contributed by atoms with Crippen molar-refractivity contribution in [1.29, 1.82) is 0 Å². The molecule has 1 aromatic heterocycles. The van der Waals surface area contributed by atoms with Crippen molar-refractivity contribution in [2.24, 2.45) is 13.0 Å². The zero-order chi connectivity index (χ0) is 16.9. The zero-order valence-electron chi connectivity index (χ0n) is 14.2. The molecule has 1 aliphatic heterocycles. The fraction of sp³-hybridized carbons (Fsp3) is 0.444. The van der Waals surface area contributed by atoms with E-state index in [1.165, 1.54) is 6.42 Å². The summed E-state index contributed by atoms with van der Waals surface area (Å²) in [5, 5.41) is 7.39. The number of nitrogens with zero attached hydrogens (tertiary/aromatic N) is 3. The van der Waals surface area contributed by atoms with Gasteiger partial charge in [0.15, 0.2) is 0 Å². The molecule has 5 nitrogen and oxygen atoms in total. The van der Waals surface area contributed by atoms with Crippen molar-refractivity contribution in [2.75, 3.05) is 30.4 Å². The normalized spacial score (nSPS) is 17.8. The number of carbonyl (C=O) groups is 1. The number of benzene rings is 1. The molecule has 0 saturated carbocycles. The first-order valence-electron chi connectivity index (χ1n) is 8.31. The number of piperidine rings is 1. The lowest BCUT2D eigenvalue weighted by molar-refractivity contribution is 0.183. The minimum atomic E-state index is -0.0263. The van der Waals surface area contributed by atoms with Crippen LogP contribution in [0.2, 0.25) is 0 Å². The van der Waals surface area contributed by atoms with Crippen LogP contribution in [0, 0.1) is 5.92 Å². The molecule has 0 spiro atoms. The van der Waals surface area contributed by atoms with Crippen LogP contribution in [0.25, 0.3) is 11.1 Å². The van der Waals surface area contributed by atoms with Crippen LogP contribution < -0.4 is 5.32 Å². The molecular weight excluding hydrogens is 320 g/mol. The van der Waals surface area contributed by atoms with Gasteiger partial charge in [-0.15, -0.1) is 0 Å². The lowest BCUT2D eigenvalue weighted by atomic mass is 10.0. The number of anilines is 1. The van der Waals surface area contributed by atoms with Gasteiger partial charge in [-0.1, -0.05) is 30.3 Å². The number of rotatable bonds is 4. The molecule has 1 N–H and O–H groups in total. The van der Waals surface area contributed by atoms with Crippen molar-refractivity contribution in [1.82, 2.24) is 14.7 Å². The van der Waals surface area contributed by atoms with Gasteiger partial charge in [0.25, 0.3) is 0 Å². The molecule has 128 valence electrons. The maximum absolute atomic E-state index is 12.7. The number of aromatic nitrogens is 2. The highest BCUT2D eigenvalue weighted by atomic mass is 32.2. The van der Waals surface area contributed by atoms with Crippen LogP contribution >= 0.6 is 11.8 Å². The Morgan fingerprint density at radius 3 is 2.92 bits per heavy atom. The highest BCUT2D eigenvalue weighted by Gasteiger charge is 2.24. The predicted octanol–water partition coefficient (Wildman–Crippen LogP) is 3.69. The molecule has 2 aromatic rings. The minimum absolute atomic E-state index is 0.0263. The van der Waals surface area contributed by atoms with Gasteiger partial charge in [-0.05, 0) is 36.3 Å². The van der Waals surface area contributed by atoms with Gasteiger partial charge in [-0.25, -0.2) is 4.79 Å². The van der Waals surface area contributed by atoms with E-state index in [-0.39, 0.29) is 6.03 Å². The van der Waals surface area contributed by atoms with Crippen LogP contribution in [0.4, 0.5) is 10.6 Å². The lowest BCUT2D eigenvalue weighted by Gasteiger charge is -2.32. The summed E-state index contributed by atoms with van der Waals surface area (Å²) in [5.74, 6) is 2.46. The first-order valence-corrected chi connectivity index (χ1v) is 9.70. The number of aryl methyl sites for hydroxylation is 1. The fourth-order valence-corrected chi connectivity index (χ4v) is 3.96. The molecule has 2 heterocycles. The highest BCUT2D eigenvalue weighted by Crippen LogP contribution is 2.28. The summed E-state index contributed by atoms with van der Waals surface area (Å²) in [6, 6.07) is 10.0. The van der Waals surface area contributed by atoms with Crippen LogP contribution in [0.3, 0.4) is 0 Å². The molecular formula is C18H24N4OS. The van der Waals surface area contributed by atoms with Crippen molar-refractivity contribution >= 4 is 23.6 Å². The quantitative estimate of drug-likeness (QED) is 0.920. The molecule has 6 heteroatoms. The standard InChI is InChI=1S/C18H24N4OS/c1-21-17(16(11-19-21)15-8-4-3-5-9-15)20-18(23)22-10-6-7-14(12-22)13-24-2/h3-5,8-9,11,14H,6-7,10,12-13H2,1-2H3,(H,20,23). The van der Waals surface area contributed by atoms with Crippen molar-refractivity contribution in [3.63, 3.8) is 0 Å². The Morgan fingerprint density at radius 1 is 1.38 bits per heavy atom. The Hall–Kier alpha value is -1.95. The second-order valence-electron chi connectivity index (χ2n) is 6.24. The van der Waals surface area contributed by atoms with Crippen LogP contribution in [-0.2, 0) is 7.05 Å². The molecule has 24 heavy (non-hydrogen) atoms. The largest absolute Gasteiger partial charge is 0.324 e. The average molecular weight is 344 g/mol. The van der Waals surface area contributed by atoms with Crippen molar-refractivity contribution in [3.8, 4) is 11.1 Å². The van der Waals surface area contributed by atoms with Gasteiger partial charge in [-0.3, -0.25) is 10.00 Å². The topological polar surface area (TPSA) is 50.2 Å². The number of hydrogen-bond acceptors (Lipinski definition) is 3. The Bertz CT molecular complexity index is 684. The van der Waals surface area contributed by atoms with Gasteiger partial charge in [-0.2, -0.15) is 16.9 Å². The van der Waals surface area contributed by atoms with Crippen LogP contribution in [-0.4, -0.2) is 45.8 Å². The Labute approximate surface area is 147 Å². The average Bonchev–Trinajstić information content (AvgIpc) is 2.97. The summed E-state index contributed by atoms with van der Waals surface area (Å²) >= 11 is 1.86. The van der Waals surface area contributed by atoms with Gasteiger partial charge in [0.05, 0.1) is 6.20 Å². The van der Waals surface area contributed by atoms with E-state index in [0.29, 0.717) is 5.92 Å². The summed E-state index contributed by atoms with van der Waals surface area (Å²) in [5.41, 5.74) is 2.00. The predicted molar refractivity (Wildman–Crippen MR) is 100 cm³/mol. The summed E-state index contributed by atoms with van der Waals surface area (Å²) in [6.07, 6.45) is 6.22. The van der Waals surface area contributed by atoms with E-state index in [1.807, 2.05) is 54.0 Å². The van der Waals surface area contributed by atoms with E-state index < -0.39 is 0 Å². The number of amides is 2. The first-order chi connectivity index (χ1) is 11.7. The number of carbonyl (C=O) groups excluding carboxylic acids is 1. The van der Waals surface area contributed by atoms with E-state index in [4.69, 9.17) is 0 Å². The SMILES string of the molecule is CSCC1CCCN(C(=O)Nc2c(-c3ccccc3)cnn2C)C1. The third-order valence-electron chi connectivity index (χ3n) is 4.46. The van der Waals surface area contributed by atoms with E-state index in [0.717, 1.165) is 42.2 Å². The number of thioether (sulfide) groups is 1. The summed E-state index contributed by atoms with van der Waals surface area (Å²) in [6.45, 7) is 1.67. The number of likely N-dealkylation sites (tertiary alicyclic amines) is 1. The Kier molecular flexibility index (Phi) is 5.45. The van der Waals surface area contributed by atoms with E-state index in [9.17, 15) is 4.79 Å². The molecule has 1 fully saturated rings. The van der Waals surface area contributed by atoms with Gasteiger partial charge >= 0.3 is 6.03 Å². The molecule has 3 rings (SSSR count). The van der Waals surface area contributed by atoms with Gasteiger partial charge in [0.2, 0.25) is 0 Å². The Morgan fingerprint density at radius 2 is 2.17 bits per heavy atom. The van der Waals surface area contributed by atoms with E-state index in [1.54, 1.807) is 10.9 Å². The van der Waals surface area contributed by atoms with Crippen molar-refractivity contribution in [2.45, 2.75) is 12.8 Å². The third kappa shape index (κ3) is 3.75. The van der Waals surface area contributed by atoms with Gasteiger partial charge in [0.1, 0.15) is 5.82 Å². The molecule has 0 aliphatic carbocycles. The number of nitrogens with one attached hydrogen (secondary N) is 1. The summed E-state index contributed by atoms with van der Waals surface area (Å²) < 4.78 is 1.73. The molecule has 1 aliphatic rings. The highest BCUT2D eigenvalue weighted by molar-refractivity contribution is 7.98. The second kappa shape index (κ2) is 7.75. The fourth-order valence-electron chi connectivity index (χ4n) is 3.22.